The van der Waals surface area contributed by atoms with Crippen molar-refractivity contribution in [1.82, 2.24) is 0 Å². The van der Waals surface area contributed by atoms with E-state index in [0.717, 1.165) is 8.95 Å². The van der Waals surface area contributed by atoms with Crippen LogP contribution in [0.2, 0.25) is 0 Å². The predicted octanol–water partition coefficient (Wildman–Crippen LogP) is 7.92. The first kappa shape index (κ1) is 14.9. The lowest BCUT2D eigenvalue weighted by Gasteiger charge is -1.98. The van der Waals surface area contributed by atoms with Crippen LogP contribution in [0, 0.1) is 13.8 Å². The number of halogens is 2. The molecule has 4 heteroatoms. The van der Waals surface area contributed by atoms with Crippen molar-refractivity contribution in [2.75, 3.05) is 0 Å². The van der Waals surface area contributed by atoms with E-state index in [2.05, 4.69) is 82.1 Å². The molecule has 110 valence electrons. The average molecular weight is 452 g/mol. The number of thiophene rings is 2. The van der Waals surface area contributed by atoms with Crippen LogP contribution in [0.15, 0.2) is 45.3 Å². The number of hydrogen-bond acceptors (Lipinski definition) is 2. The van der Waals surface area contributed by atoms with Gasteiger partial charge in [-0.3, -0.25) is 0 Å². The minimum Gasteiger partial charge on any atom is -0.134 e. The Labute approximate surface area is 154 Å². The molecule has 4 rings (SSSR count). The Hall–Kier alpha value is -0.680. The molecular formula is C18H12Br2S2. The van der Waals surface area contributed by atoms with Gasteiger partial charge in [0.25, 0.3) is 0 Å². The lowest BCUT2D eigenvalue weighted by Crippen LogP contribution is -1.76. The zero-order valence-electron chi connectivity index (χ0n) is 12.0. The van der Waals surface area contributed by atoms with Crippen LogP contribution in [0.3, 0.4) is 0 Å². The minimum absolute atomic E-state index is 1.14. The van der Waals surface area contributed by atoms with Crippen molar-refractivity contribution < 1.29 is 0 Å². The van der Waals surface area contributed by atoms with Crippen LogP contribution >= 0.6 is 54.5 Å². The Morgan fingerprint density at radius 3 is 1.50 bits per heavy atom. The van der Waals surface area contributed by atoms with Gasteiger partial charge in [0.05, 0.1) is 0 Å². The van der Waals surface area contributed by atoms with Gasteiger partial charge in [-0.05, 0) is 72.1 Å². The lowest BCUT2D eigenvalue weighted by atomic mass is 10.1. The highest BCUT2D eigenvalue weighted by molar-refractivity contribution is 9.10. The Bertz CT molecular complexity index is 941. The number of rotatable bonds is 1. The second kappa shape index (κ2) is 5.45. The van der Waals surface area contributed by atoms with E-state index in [1.807, 2.05) is 22.7 Å². The molecule has 0 saturated carbocycles. The fourth-order valence-electron chi connectivity index (χ4n) is 2.82. The van der Waals surface area contributed by atoms with Gasteiger partial charge in [0.2, 0.25) is 0 Å². The first-order valence-corrected chi connectivity index (χ1v) is 10.1. The molecule has 0 saturated heterocycles. The lowest BCUT2D eigenvalue weighted by molar-refractivity contribution is 1.54. The largest absolute Gasteiger partial charge is 0.134 e. The van der Waals surface area contributed by atoms with Crippen LogP contribution < -0.4 is 0 Å². The van der Waals surface area contributed by atoms with E-state index in [1.165, 1.54) is 41.1 Å². The minimum atomic E-state index is 1.14. The Morgan fingerprint density at radius 1 is 0.682 bits per heavy atom. The highest BCUT2D eigenvalue weighted by Crippen LogP contribution is 2.46. The molecule has 4 aromatic rings. The zero-order chi connectivity index (χ0) is 15.4. The van der Waals surface area contributed by atoms with Crippen molar-refractivity contribution in [2.45, 2.75) is 13.8 Å². The second-order valence-corrected chi connectivity index (χ2v) is 9.33. The SMILES string of the molecule is Cc1c(-c2sc3ccc(Br)cc3c2C)sc2ccc(Br)cc12. The van der Waals surface area contributed by atoms with Gasteiger partial charge in [-0.1, -0.05) is 31.9 Å². The third-order valence-corrected chi connectivity index (χ3v) is 7.70. The summed E-state index contributed by atoms with van der Waals surface area (Å²) in [7, 11) is 0. The standard InChI is InChI=1S/C18H12Br2S2/c1-9-13-7-11(19)3-5-15(13)21-17(9)18-10(2)14-8-12(20)4-6-16(14)22-18/h3-8H,1-2H3. The van der Waals surface area contributed by atoms with Crippen molar-refractivity contribution in [3.8, 4) is 9.75 Å². The van der Waals surface area contributed by atoms with E-state index in [-0.39, 0.29) is 0 Å². The van der Waals surface area contributed by atoms with Crippen LogP contribution in [0.25, 0.3) is 29.9 Å². The molecule has 22 heavy (non-hydrogen) atoms. The smallest absolute Gasteiger partial charge is 0.0487 e. The van der Waals surface area contributed by atoms with Crippen LogP contribution in [-0.4, -0.2) is 0 Å². The average Bonchev–Trinajstić information content (AvgIpc) is 2.98. The Morgan fingerprint density at radius 2 is 1.09 bits per heavy atom. The molecule has 0 radical (unpaired) electrons. The van der Waals surface area contributed by atoms with Gasteiger partial charge in [0.1, 0.15) is 0 Å². The molecule has 0 fully saturated rings. The van der Waals surface area contributed by atoms with E-state index in [0.29, 0.717) is 0 Å². The molecule has 0 spiro atoms. The fourth-order valence-corrected chi connectivity index (χ4v) is 6.17. The first-order chi connectivity index (χ1) is 10.5. The van der Waals surface area contributed by atoms with Crippen molar-refractivity contribution in [3.05, 3.63) is 56.5 Å². The summed E-state index contributed by atoms with van der Waals surface area (Å²) in [6.45, 7) is 4.47. The van der Waals surface area contributed by atoms with Gasteiger partial charge in [-0.15, -0.1) is 22.7 Å². The molecule has 2 aromatic carbocycles. The molecule has 0 atom stereocenters. The van der Waals surface area contributed by atoms with E-state index >= 15 is 0 Å². The quantitative estimate of drug-likeness (QED) is 0.275. The summed E-state index contributed by atoms with van der Waals surface area (Å²) in [5, 5.41) is 2.71. The zero-order valence-corrected chi connectivity index (χ0v) is 16.8. The third-order valence-electron chi connectivity index (χ3n) is 4.00. The number of aryl methyl sites for hydroxylation is 2. The molecular weight excluding hydrogens is 440 g/mol. The third kappa shape index (κ3) is 2.28. The van der Waals surface area contributed by atoms with Gasteiger partial charge >= 0.3 is 0 Å². The van der Waals surface area contributed by atoms with Crippen LogP contribution in [0.1, 0.15) is 11.1 Å². The number of benzene rings is 2. The van der Waals surface area contributed by atoms with Gasteiger partial charge in [0, 0.05) is 28.1 Å². The van der Waals surface area contributed by atoms with Gasteiger partial charge in [-0.2, -0.15) is 0 Å². The summed E-state index contributed by atoms with van der Waals surface area (Å²) in [5.74, 6) is 0. The van der Waals surface area contributed by atoms with Gasteiger partial charge in [-0.25, -0.2) is 0 Å². The second-order valence-electron chi connectivity index (χ2n) is 5.39. The van der Waals surface area contributed by atoms with Crippen LogP contribution in [0.4, 0.5) is 0 Å². The van der Waals surface area contributed by atoms with Crippen molar-refractivity contribution in [3.63, 3.8) is 0 Å². The number of fused-ring (bicyclic) bond motifs is 2. The molecule has 0 amide bonds. The topological polar surface area (TPSA) is 0 Å². The molecule has 0 aliphatic carbocycles. The highest BCUT2D eigenvalue weighted by atomic mass is 79.9. The van der Waals surface area contributed by atoms with E-state index in [4.69, 9.17) is 0 Å². The number of hydrogen-bond donors (Lipinski definition) is 0. The van der Waals surface area contributed by atoms with E-state index < -0.39 is 0 Å². The fraction of sp³-hybridized carbons (Fsp3) is 0.111. The Kier molecular flexibility index (Phi) is 3.68. The molecule has 0 aliphatic rings. The molecule has 0 N–H and O–H groups in total. The summed E-state index contributed by atoms with van der Waals surface area (Å²) >= 11 is 11.0. The van der Waals surface area contributed by atoms with Crippen LogP contribution in [0.5, 0.6) is 0 Å². The predicted molar refractivity (Wildman–Crippen MR) is 108 cm³/mol. The van der Waals surface area contributed by atoms with E-state index in [1.54, 1.807) is 0 Å². The maximum absolute atomic E-state index is 3.58. The summed E-state index contributed by atoms with van der Waals surface area (Å²) in [6, 6.07) is 13.1. The van der Waals surface area contributed by atoms with Gasteiger partial charge in [0.15, 0.2) is 0 Å². The van der Waals surface area contributed by atoms with Crippen molar-refractivity contribution >= 4 is 74.7 Å². The maximum atomic E-state index is 3.58. The van der Waals surface area contributed by atoms with Crippen molar-refractivity contribution in [1.29, 1.82) is 0 Å². The summed E-state index contributed by atoms with van der Waals surface area (Å²) in [4.78, 5) is 2.81. The van der Waals surface area contributed by atoms with Gasteiger partial charge < -0.3 is 0 Å². The van der Waals surface area contributed by atoms with Crippen molar-refractivity contribution in [2.24, 2.45) is 0 Å². The maximum Gasteiger partial charge on any atom is 0.0487 e. The summed E-state index contributed by atoms with van der Waals surface area (Å²) in [6.07, 6.45) is 0. The molecule has 0 nitrogen and oxygen atoms in total. The monoisotopic (exact) mass is 450 g/mol. The summed E-state index contributed by atoms with van der Waals surface area (Å²) in [5.41, 5.74) is 2.77. The summed E-state index contributed by atoms with van der Waals surface area (Å²) < 4.78 is 5.00. The molecule has 2 aromatic heterocycles. The first-order valence-electron chi connectivity index (χ1n) is 6.92. The molecule has 0 bridgehead atoms. The Balaban J connectivity index is 2.03. The van der Waals surface area contributed by atoms with Crippen LogP contribution in [-0.2, 0) is 0 Å². The van der Waals surface area contributed by atoms with E-state index in [9.17, 15) is 0 Å². The molecule has 2 heterocycles. The molecule has 0 aliphatic heterocycles. The highest BCUT2D eigenvalue weighted by Gasteiger charge is 2.16. The molecule has 0 unspecified atom stereocenters. The normalized spacial score (nSPS) is 11.6.